The Kier molecular flexibility index (Phi) is 6.48. The summed E-state index contributed by atoms with van der Waals surface area (Å²) in [4.78, 5) is 12.1. The maximum absolute atomic E-state index is 12.1. The summed E-state index contributed by atoms with van der Waals surface area (Å²) in [6.07, 6.45) is 1.45. The molecule has 0 spiro atoms. The van der Waals surface area contributed by atoms with Crippen LogP contribution < -0.4 is 9.47 Å². The molecule has 122 valence electrons. The van der Waals surface area contributed by atoms with Gasteiger partial charge in [-0.05, 0) is 31.5 Å². The SMILES string of the molecule is CCCCOC(COC(=O)c1ccc2c(c1)OCO2)OCC. The van der Waals surface area contributed by atoms with E-state index in [0.29, 0.717) is 30.3 Å². The molecule has 1 aliphatic rings. The average Bonchev–Trinajstić information content (AvgIpc) is 3.00. The van der Waals surface area contributed by atoms with Crippen LogP contribution in [-0.4, -0.2) is 38.9 Å². The zero-order valence-electron chi connectivity index (χ0n) is 13.0. The first kappa shape index (κ1) is 16.6. The van der Waals surface area contributed by atoms with Crippen molar-refractivity contribution < 1.29 is 28.5 Å². The molecule has 1 unspecified atom stereocenters. The van der Waals surface area contributed by atoms with Crippen molar-refractivity contribution in [1.82, 2.24) is 0 Å². The lowest BCUT2D eigenvalue weighted by molar-refractivity contribution is -0.161. The molecular formula is C16H22O6. The monoisotopic (exact) mass is 310 g/mol. The zero-order valence-corrected chi connectivity index (χ0v) is 13.0. The Balaban J connectivity index is 1.84. The minimum Gasteiger partial charge on any atom is -0.457 e. The fourth-order valence-corrected chi connectivity index (χ4v) is 1.94. The molecule has 0 N–H and O–H groups in total. The van der Waals surface area contributed by atoms with Crippen molar-refractivity contribution in [2.24, 2.45) is 0 Å². The van der Waals surface area contributed by atoms with Crippen LogP contribution in [0, 0.1) is 0 Å². The smallest absolute Gasteiger partial charge is 0.338 e. The van der Waals surface area contributed by atoms with Gasteiger partial charge in [0.15, 0.2) is 17.8 Å². The van der Waals surface area contributed by atoms with Gasteiger partial charge in [-0.3, -0.25) is 0 Å². The molecular weight excluding hydrogens is 288 g/mol. The van der Waals surface area contributed by atoms with E-state index in [-0.39, 0.29) is 13.4 Å². The maximum atomic E-state index is 12.1. The van der Waals surface area contributed by atoms with E-state index in [1.807, 2.05) is 6.92 Å². The molecule has 0 saturated heterocycles. The van der Waals surface area contributed by atoms with E-state index >= 15 is 0 Å². The molecule has 0 saturated carbocycles. The van der Waals surface area contributed by atoms with Crippen molar-refractivity contribution in [3.63, 3.8) is 0 Å². The maximum Gasteiger partial charge on any atom is 0.338 e. The summed E-state index contributed by atoms with van der Waals surface area (Å²) in [7, 11) is 0. The summed E-state index contributed by atoms with van der Waals surface area (Å²) in [5.41, 5.74) is 0.410. The number of unbranched alkanes of at least 4 members (excludes halogenated alkanes) is 1. The zero-order chi connectivity index (χ0) is 15.8. The number of fused-ring (bicyclic) bond motifs is 1. The number of rotatable bonds is 9. The Morgan fingerprint density at radius 1 is 1.23 bits per heavy atom. The van der Waals surface area contributed by atoms with Gasteiger partial charge >= 0.3 is 5.97 Å². The fraction of sp³-hybridized carbons (Fsp3) is 0.562. The molecule has 0 fully saturated rings. The number of benzene rings is 1. The molecule has 22 heavy (non-hydrogen) atoms. The third-order valence-electron chi connectivity index (χ3n) is 3.11. The van der Waals surface area contributed by atoms with Crippen molar-refractivity contribution >= 4 is 5.97 Å². The number of esters is 1. The molecule has 6 heteroatoms. The first-order valence-corrected chi connectivity index (χ1v) is 7.54. The Labute approximate surface area is 130 Å². The molecule has 0 bridgehead atoms. The molecule has 6 nitrogen and oxygen atoms in total. The van der Waals surface area contributed by atoms with Gasteiger partial charge in [-0.1, -0.05) is 13.3 Å². The van der Waals surface area contributed by atoms with Crippen LogP contribution in [0.1, 0.15) is 37.0 Å². The van der Waals surface area contributed by atoms with Gasteiger partial charge in [0.2, 0.25) is 6.79 Å². The first-order chi connectivity index (χ1) is 10.7. The van der Waals surface area contributed by atoms with Crippen LogP contribution in [0.15, 0.2) is 18.2 Å². The summed E-state index contributed by atoms with van der Waals surface area (Å²) in [6, 6.07) is 4.94. The molecule has 1 aliphatic heterocycles. The normalized spacial score (nSPS) is 13.9. The summed E-state index contributed by atoms with van der Waals surface area (Å²) in [5, 5.41) is 0. The molecule has 0 radical (unpaired) electrons. The first-order valence-electron chi connectivity index (χ1n) is 7.54. The van der Waals surface area contributed by atoms with Gasteiger partial charge in [0.25, 0.3) is 0 Å². The Morgan fingerprint density at radius 2 is 2.05 bits per heavy atom. The van der Waals surface area contributed by atoms with E-state index in [2.05, 4.69) is 6.92 Å². The number of hydrogen-bond donors (Lipinski definition) is 0. The summed E-state index contributed by atoms with van der Waals surface area (Å²) in [5.74, 6) is 0.740. The Morgan fingerprint density at radius 3 is 2.82 bits per heavy atom. The molecule has 2 rings (SSSR count). The van der Waals surface area contributed by atoms with Gasteiger partial charge in [0.05, 0.1) is 5.56 Å². The summed E-state index contributed by atoms with van der Waals surface area (Å²) in [6.45, 7) is 5.27. The lowest BCUT2D eigenvalue weighted by atomic mass is 10.2. The highest BCUT2D eigenvalue weighted by atomic mass is 16.7. The van der Waals surface area contributed by atoms with Crippen LogP contribution in [0.2, 0.25) is 0 Å². The highest BCUT2D eigenvalue weighted by Crippen LogP contribution is 2.32. The van der Waals surface area contributed by atoms with Crippen molar-refractivity contribution in [1.29, 1.82) is 0 Å². The van der Waals surface area contributed by atoms with Crippen LogP contribution in [0.4, 0.5) is 0 Å². The van der Waals surface area contributed by atoms with E-state index < -0.39 is 12.3 Å². The van der Waals surface area contributed by atoms with Gasteiger partial charge < -0.3 is 23.7 Å². The number of carbonyl (C=O) groups is 1. The molecule has 0 aromatic heterocycles. The molecule has 0 amide bonds. The molecule has 1 atom stereocenters. The fourth-order valence-electron chi connectivity index (χ4n) is 1.94. The quantitative estimate of drug-likeness (QED) is 0.397. The van der Waals surface area contributed by atoms with Crippen LogP contribution in [0.3, 0.4) is 0 Å². The Bertz CT molecular complexity index is 488. The van der Waals surface area contributed by atoms with E-state index in [4.69, 9.17) is 23.7 Å². The van der Waals surface area contributed by atoms with Crippen LogP contribution >= 0.6 is 0 Å². The second-order valence-corrected chi connectivity index (χ2v) is 4.78. The van der Waals surface area contributed by atoms with Crippen LogP contribution in [0.5, 0.6) is 11.5 Å². The number of carbonyl (C=O) groups excluding carboxylic acids is 1. The van der Waals surface area contributed by atoms with Gasteiger partial charge in [-0.2, -0.15) is 0 Å². The second kappa shape index (κ2) is 8.60. The van der Waals surface area contributed by atoms with Crippen molar-refractivity contribution in [3.05, 3.63) is 23.8 Å². The third kappa shape index (κ3) is 4.61. The van der Waals surface area contributed by atoms with E-state index in [1.165, 1.54) is 0 Å². The average molecular weight is 310 g/mol. The standard InChI is InChI=1S/C16H22O6/c1-3-5-8-19-15(18-4-2)10-20-16(17)12-6-7-13-14(9-12)22-11-21-13/h6-7,9,15H,3-5,8,10-11H2,1-2H3. The number of hydrogen-bond acceptors (Lipinski definition) is 6. The summed E-state index contributed by atoms with van der Waals surface area (Å²) < 4.78 is 26.6. The predicted octanol–water partition coefficient (Wildman–Crippen LogP) is 2.75. The van der Waals surface area contributed by atoms with E-state index in [9.17, 15) is 4.79 Å². The molecule has 1 aromatic rings. The van der Waals surface area contributed by atoms with Gasteiger partial charge in [0, 0.05) is 13.2 Å². The van der Waals surface area contributed by atoms with Crippen molar-refractivity contribution in [2.75, 3.05) is 26.6 Å². The number of ether oxygens (including phenoxy) is 5. The highest BCUT2D eigenvalue weighted by molar-refractivity contribution is 5.90. The van der Waals surface area contributed by atoms with E-state index in [0.717, 1.165) is 12.8 Å². The largest absolute Gasteiger partial charge is 0.457 e. The minimum absolute atomic E-state index is 0.0603. The lowest BCUT2D eigenvalue weighted by Gasteiger charge is -2.17. The second-order valence-electron chi connectivity index (χ2n) is 4.78. The molecule has 1 aromatic carbocycles. The highest BCUT2D eigenvalue weighted by Gasteiger charge is 2.18. The van der Waals surface area contributed by atoms with Gasteiger partial charge in [0.1, 0.15) is 6.61 Å². The topological polar surface area (TPSA) is 63.2 Å². The van der Waals surface area contributed by atoms with Crippen LogP contribution in [-0.2, 0) is 14.2 Å². The molecule has 1 heterocycles. The summed E-state index contributed by atoms with van der Waals surface area (Å²) >= 11 is 0. The van der Waals surface area contributed by atoms with Gasteiger partial charge in [-0.25, -0.2) is 4.79 Å². The van der Waals surface area contributed by atoms with Crippen molar-refractivity contribution in [2.45, 2.75) is 33.0 Å². The van der Waals surface area contributed by atoms with E-state index in [1.54, 1.807) is 18.2 Å². The minimum atomic E-state index is -0.533. The lowest BCUT2D eigenvalue weighted by Crippen LogP contribution is -2.25. The predicted molar refractivity (Wildman–Crippen MR) is 79.1 cm³/mol. The molecule has 0 aliphatic carbocycles. The van der Waals surface area contributed by atoms with Gasteiger partial charge in [-0.15, -0.1) is 0 Å². The third-order valence-corrected chi connectivity index (χ3v) is 3.11. The Hall–Kier alpha value is -1.79. The van der Waals surface area contributed by atoms with Crippen LogP contribution in [0.25, 0.3) is 0 Å². The van der Waals surface area contributed by atoms with Crippen molar-refractivity contribution in [3.8, 4) is 11.5 Å².